The molecule has 1 aromatic heterocycles. The SMILES string of the molecule is CCc1nn(CC)c(CN2CCOCC2CO)c1Br. The minimum Gasteiger partial charge on any atom is -0.395 e. The van der Waals surface area contributed by atoms with Crippen molar-refractivity contribution in [2.75, 3.05) is 26.4 Å². The first-order valence-electron chi connectivity index (χ1n) is 6.87. The Bertz CT molecular complexity index is 422. The van der Waals surface area contributed by atoms with Gasteiger partial charge in [-0.2, -0.15) is 5.10 Å². The van der Waals surface area contributed by atoms with Crippen molar-refractivity contribution in [3.05, 3.63) is 15.9 Å². The van der Waals surface area contributed by atoms with E-state index in [0.717, 1.165) is 42.8 Å². The van der Waals surface area contributed by atoms with Crippen molar-refractivity contribution in [3.63, 3.8) is 0 Å². The van der Waals surface area contributed by atoms with Crippen molar-refractivity contribution in [1.29, 1.82) is 0 Å². The zero-order valence-electron chi connectivity index (χ0n) is 11.6. The van der Waals surface area contributed by atoms with Crippen molar-refractivity contribution in [2.45, 2.75) is 39.4 Å². The number of halogens is 1. The lowest BCUT2D eigenvalue weighted by Gasteiger charge is -2.34. The molecule has 1 aliphatic heterocycles. The van der Waals surface area contributed by atoms with Gasteiger partial charge in [0.15, 0.2) is 0 Å². The van der Waals surface area contributed by atoms with Crippen LogP contribution in [0.25, 0.3) is 0 Å². The minimum atomic E-state index is 0.0888. The fourth-order valence-corrected chi connectivity index (χ4v) is 3.12. The largest absolute Gasteiger partial charge is 0.395 e. The Hall–Kier alpha value is -0.430. The lowest BCUT2D eigenvalue weighted by Crippen LogP contribution is -2.47. The average Bonchev–Trinajstić information content (AvgIpc) is 2.76. The smallest absolute Gasteiger partial charge is 0.0767 e. The molecule has 1 saturated heterocycles. The first-order valence-corrected chi connectivity index (χ1v) is 7.67. The van der Waals surface area contributed by atoms with E-state index in [2.05, 4.69) is 39.8 Å². The predicted octanol–water partition coefficient (Wildman–Crippen LogP) is 1.42. The molecule has 1 unspecified atom stereocenters. The first kappa shape index (κ1) is 15.0. The molecule has 6 heteroatoms. The molecule has 1 aromatic rings. The summed E-state index contributed by atoms with van der Waals surface area (Å²) in [5.74, 6) is 0. The maximum atomic E-state index is 9.43. The Morgan fingerprint density at radius 2 is 2.26 bits per heavy atom. The normalized spacial score (nSPS) is 20.9. The molecule has 0 saturated carbocycles. The Kier molecular flexibility index (Phi) is 5.38. The van der Waals surface area contributed by atoms with E-state index in [1.807, 2.05) is 4.68 Å². The molecule has 0 amide bonds. The fourth-order valence-electron chi connectivity index (χ4n) is 2.43. The summed E-state index contributed by atoms with van der Waals surface area (Å²) in [6, 6.07) is 0.0888. The number of nitrogens with zero attached hydrogens (tertiary/aromatic N) is 3. The maximum Gasteiger partial charge on any atom is 0.0767 e. The van der Waals surface area contributed by atoms with Gasteiger partial charge in [-0.25, -0.2) is 0 Å². The maximum absolute atomic E-state index is 9.43. The molecule has 0 radical (unpaired) electrons. The number of rotatable bonds is 5. The van der Waals surface area contributed by atoms with Gasteiger partial charge in [0.25, 0.3) is 0 Å². The highest BCUT2D eigenvalue weighted by atomic mass is 79.9. The van der Waals surface area contributed by atoms with Crippen LogP contribution in [0.1, 0.15) is 25.2 Å². The standard InChI is InChI=1S/C13H22BrN3O2/c1-3-11-13(14)12(17(4-2)15-11)7-16-5-6-19-9-10(16)8-18/h10,18H,3-9H2,1-2H3. The van der Waals surface area contributed by atoms with Crippen LogP contribution in [-0.4, -0.2) is 52.2 Å². The summed E-state index contributed by atoms with van der Waals surface area (Å²) in [5, 5.41) is 14.0. The zero-order valence-corrected chi connectivity index (χ0v) is 13.2. The average molecular weight is 332 g/mol. The molecule has 1 N–H and O–H groups in total. The van der Waals surface area contributed by atoms with Crippen LogP contribution in [0.5, 0.6) is 0 Å². The van der Waals surface area contributed by atoms with Gasteiger partial charge >= 0.3 is 0 Å². The molecule has 1 atom stereocenters. The third-order valence-electron chi connectivity index (χ3n) is 3.61. The third-order valence-corrected chi connectivity index (χ3v) is 4.52. The van der Waals surface area contributed by atoms with Gasteiger partial charge in [0.05, 0.1) is 41.7 Å². The van der Waals surface area contributed by atoms with Gasteiger partial charge < -0.3 is 9.84 Å². The zero-order chi connectivity index (χ0) is 13.8. The lowest BCUT2D eigenvalue weighted by atomic mass is 10.2. The summed E-state index contributed by atoms with van der Waals surface area (Å²) in [4.78, 5) is 2.27. The predicted molar refractivity (Wildman–Crippen MR) is 77.1 cm³/mol. The number of aliphatic hydroxyl groups is 1. The first-order chi connectivity index (χ1) is 9.21. The van der Waals surface area contributed by atoms with Gasteiger partial charge in [-0.15, -0.1) is 0 Å². The molecule has 2 heterocycles. The molecule has 19 heavy (non-hydrogen) atoms. The number of aliphatic hydroxyl groups excluding tert-OH is 1. The Labute approximate surface area is 122 Å². The van der Waals surface area contributed by atoms with Crippen LogP contribution in [0, 0.1) is 0 Å². The highest BCUT2D eigenvalue weighted by Crippen LogP contribution is 2.24. The van der Waals surface area contributed by atoms with E-state index in [-0.39, 0.29) is 12.6 Å². The summed E-state index contributed by atoms with van der Waals surface area (Å²) >= 11 is 3.67. The molecule has 2 rings (SSSR count). The van der Waals surface area contributed by atoms with E-state index in [1.54, 1.807) is 0 Å². The van der Waals surface area contributed by atoms with Crippen molar-refractivity contribution < 1.29 is 9.84 Å². The van der Waals surface area contributed by atoms with Crippen LogP contribution in [0.15, 0.2) is 4.47 Å². The van der Waals surface area contributed by atoms with E-state index < -0.39 is 0 Å². The molecule has 0 aliphatic carbocycles. The monoisotopic (exact) mass is 331 g/mol. The molecule has 1 aliphatic rings. The second-order valence-electron chi connectivity index (χ2n) is 4.76. The summed E-state index contributed by atoms with van der Waals surface area (Å²) in [6.07, 6.45) is 0.924. The molecule has 1 fully saturated rings. The van der Waals surface area contributed by atoms with Gasteiger partial charge in [-0.05, 0) is 29.3 Å². The number of hydrogen-bond donors (Lipinski definition) is 1. The van der Waals surface area contributed by atoms with Crippen LogP contribution >= 0.6 is 15.9 Å². The Balaban J connectivity index is 2.19. The van der Waals surface area contributed by atoms with Crippen molar-refractivity contribution in [3.8, 4) is 0 Å². The summed E-state index contributed by atoms with van der Waals surface area (Å²) < 4.78 is 8.58. The van der Waals surface area contributed by atoms with E-state index in [4.69, 9.17) is 4.74 Å². The van der Waals surface area contributed by atoms with Crippen molar-refractivity contribution in [1.82, 2.24) is 14.7 Å². The van der Waals surface area contributed by atoms with E-state index >= 15 is 0 Å². The van der Waals surface area contributed by atoms with Crippen LogP contribution in [0.2, 0.25) is 0 Å². The van der Waals surface area contributed by atoms with Gasteiger partial charge in [0, 0.05) is 19.6 Å². The molecular weight excluding hydrogens is 310 g/mol. The van der Waals surface area contributed by atoms with Crippen molar-refractivity contribution in [2.24, 2.45) is 0 Å². The van der Waals surface area contributed by atoms with Crippen LogP contribution in [0.3, 0.4) is 0 Å². The second kappa shape index (κ2) is 6.83. The highest BCUT2D eigenvalue weighted by Gasteiger charge is 2.25. The second-order valence-corrected chi connectivity index (χ2v) is 5.55. The van der Waals surface area contributed by atoms with Gasteiger partial charge in [-0.3, -0.25) is 9.58 Å². The fraction of sp³-hybridized carbons (Fsp3) is 0.769. The summed E-state index contributed by atoms with van der Waals surface area (Å²) in [7, 11) is 0. The number of morpholine rings is 1. The van der Waals surface area contributed by atoms with Gasteiger partial charge in [0.1, 0.15) is 0 Å². The van der Waals surface area contributed by atoms with Crippen molar-refractivity contribution >= 4 is 15.9 Å². The van der Waals surface area contributed by atoms with E-state index in [1.165, 1.54) is 5.69 Å². The molecule has 108 valence electrons. The topological polar surface area (TPSA) is 50.5 Å². The molecule has 0 spiro atoms. The van der Waals surface area contributed by atoms with Crippen LogP contribution in [-0.2, 0) is 24.2 Å². The number of aryl methyl sites for hydroxylation is 2. The van der Waals surface area contributed by atoms with E-state index in [9.17, 15) is 5.11 Å². The summed E-state index contributed by atoms with van der Waals surface area (Å²) in [5.41, 5.74) is 2.30. The minimum absolute atomic E-state index is 0.0888. The Morgan fingerprint density at radius 3 is 2.89 bits per heavy atom. The summed E-state index contributed by atoms with van der Waals surface area (Å²) in [6.45, 7) is 8.21. The Morgan fingerprint density at radius 1 is 1.47 bits per heavy atom. The number of hydrogen-bond acceptors (Lipinski definition) is 4. The van der Waals surface area contributed by atoms with Crippen LogP contribution < -0.4 is 0 Å². The van der Waals surface area contributed by atoms with E-state index in [0.29, 0.717) is 6.61 Å². The third kappa shape index (κ3) is 3.18. The lowest BCUT2D eigenvalue weighted by molar-refractivity contribution is -0.0323. The molecular formula is C13H22BrN3O2. The van der Waals surface area contributed by atoms with Crippen LogP contribution in [0.4, 0.5) is 0 Å². The molecule has 0 bridgehead atoms. The number of ether oxygens (including phenoxy) is 1. The number of aromatic nitrogens is 2. The molecule has 0 aromatic carbocycles. The van der Waals surface area contributed by atoms with Gasteiger partial charge in [0.2, 0.25) is 0 Å². The van der Waals surface area contributed by atoms with Gasteiger partial charge in [-0.1, -0.05) is 6.92 Å². The molecule has 5 nitrogen and oxygen atoms in total. The quantitative estimate of drug-likeness (QED) is 0.886. The highest BCUT2D eigenvalue weighted by molar-refractivity contribution is 9.10.